The van der Waals surface area contributed by atoms with Gasteiger partial charge in [-0.25, -0.2) is 0 Å². The lowest BCUT2D eigenvalue weighted by molar-refractivity contribution is 0.739. The Morgan fingerprint density at radius 2 is 2.00 bits per heavy atom. The number of benzene rings is 1. The number of halogens is 1. The highest BCUT2D eigenvalue weighted by molar-refractivity contribution is 6.31. The van der Waals surface area contributed by atoms with Crippen LogP contribution in [0.2, 0.25) is 5.02 Å². The maximum atomic E-state index is 11.9. The first kappa shape index (κ1) is 13.1. The number of aryl methyl sites for hydroxylation is 1. The van der Waals surface area contributed by atoms with Crippen molar-refractivity contribution in [2.45, 2.75) is 13.5 Å². The van der Waals surface area contributed by atoms with Crippen LogP contribution in [-0.4, -0.2) is 9.13 Å². The number of aromatic nitrogens is 2. The van der Waals surface area contributed by atoms with E-state index in [-0.39, 0.29) is 6.54 Å². The average molecular weight is 276 g/mol. The zero-order valence-corrected chi connectivity index (χ0v) is 10.9. The van der Waals surface area contributed by atoms with Crippen molar-refractivity contribution in [3.63, 3.8) is 0 Å². The van der Waals surface area contributed by atoms with Crippen LogP contribution in [0.1, 0.15) is 5.56 Å². The van der Waals surface area contributed by atoms with Gasteiger partial charge in [-0.05, 0) is 30.7 Å². The summed E-state index contributed by atoms with van der Waals surface area (Å²) in [7, 11) is 0. The normalized spacial score (nSPS) is 10.2. The Morgan fingerprint density at radius 3 is 2.63 bits per heavy atom. The van der Waals surface area contributed by atoms with Gasteiger partial charge in [0.25, 0.3) is 0 Å². The molecule has 1 heterocycles. The van der Waals surface area contributed by atoms with E-state index in [2.05, 4.69) is 0 Å². The molecule has 0 unspecified atom stereocenters. The molecule has 96 valence electrons. The first-order valence-corrected chi connectivity index (χ1v) is 5.88. The molecule has 6 heteroatoms. The summed E-state index contributed by atoms with van der Waals surface area (Å²) in [5.41, 5.74) is -0.0449. The maximum Gasteiger partial charge on any atom is 0.321 e. The van der Waals surface area contributed by atoms with E-state index in [0.29, 0.717) is 10.7 Å². The molecule has 5 nitrogen and oxygen atoms in total. The third-order valence-electron chi connectivity index (χ3n) is 2.72. The van der Waals surface area contributed by atoms with Crippen LogP contribution in [0.5, 0.6) is 0 Å². The van der Waals surface area contributed by atoms with Crippen LogP contribution in [-0.2, 0) is 6.54 Å². The van der Waals surface area contributed by atoms with Crippen molar-refractivity contribution in [3.05, 3.63) is 61.9 Å². The lowest BCUT2D eigenvalue weighted by Crippen LogP contribution is -2.39. The molecule has 0 saturated carbocycles. The predicted molar refractivity (Wildman–Crippen MR) is 71.7 cm³/mol. The first-order valence-electron chi connectivity index (χ1n) is 5.50. The van der Waals surface area contributed by atoms with E-state index in [0.717, 1.165) is 10.1 Å². The largest absolute Gasteiger partial charge is 0.321 e. The minimum absolute atomic E-state index is 0.144. The molecular formula is C13H10ClN3O2. The summed E-state index contributed by atoms with van der Waals surface area (Å²) in [4.78, 5) is 23.7. The van der Waals surface area contributed by atoms with Gasteiger partial charge in [-0.2, -0.15) is 5.26 Å². The fourth-order valence-corrected chi connectivity index (χ4v) is 1.81. The van der Waals surface area contributed by atoms with Crippen LogP contribution in [0, 0.1) is 18.3 Å². The molecule has 2 rings (SSSR count). The minimum Gasteiger partial charge on any atom is -0.295 e. The lowest BCUT2D eigenvalue weighted by Gasteiger charge is -2.08. The highest BCUT2D eigenvalue weighted by atomic mass is 35.5. The van der Waals surface area contributed by atoms with Crippen molar-refractivity contribution in [1.29, 1.82) is 5.26 Å². The molecular weight excluding hydrogens is 266 g/mol. The van der Waals surface area contributed by atoms with Gasteiger partial charge < -0.3 is 0 Å². The molecule has 0 aliphatic carbocycles. The van der Waals surface area contributed by atoms with Crippen molar-refractivity contribution >= 4 is 11.6 Å². The molecule has 0 N–H and O–H groups in total. The standard InChI is InChI=1S/C13H10ClN3O2/c1-9-8-10(2-3-11(9)14)17-7-6-16(5-4-15)12(18)13(17)19/h2-3,6-8H,5H2,1H3. The molecule has 0 fully saturated rings. The van der Waals surface area contributed by atoms with Crippen LogP contribution < -0.4 is 11.1 Å². The van der Waals surface area contributed by atoms with Gasteiger partial charge >= 0.3 is 11.1 Å². The van der Waals surface area contributed by atoms with Crippen LogP contribution in [0.15, 0.2) is 40.2 Å². The Balaban J connectivity index is 2.62. The summed E-state index contributed by atoms with van der Waals surface area (Å²) in [6.45, 7) is 1.67. The monoisotopic (exact) mass is 275 g/mol. The summed E-state index contributed by atoms with van der Waals surface area (Å²) in [5.74, 6) is 0. The van der Waals surface area contributed by atoms with Crippen molar-refractivity contribution in [2.24, 2.45) is 0 Å². The van der Waals surface area contributed by atoms with Crippen LogP contribution in [0.4, 0.5) is 0 Å². The molecule has 2 aromatic rings. The van der Waals surface area contributed by atoms with E-state index in [4.69, 9.17) is 16.9 Å². The van der Waals surface area contributed by atoms with Gasteiger partial charge in [-0.15, -0.1) is 0 Å². The molecule has 1 aromatic heterocycles. The summed E-state index contributed by atoms with van der Waals surface area (Å²) < 4.78 is 2.31. The molecule has 19 heavy (non-hydrogen) atoms. The Morgan fingerprint density at radius 1 is 1.26 bits per heavy atom. The Hall–Kier alpha value is -2.32. The summed E-state index contributed by atoms with van der Waals surface area (Å²) in [5, 5.41) is 9.15. The molecule has 0 saturated heterocycles. The van der Waals surface area contributed by atoms with Gasteiger partial charge in [-0.3, -0.25) is 18.7 Å². The van der Waals surface area contributed by atoms with Gasteiger partial charge in [0.2, 0.25) is 0 Å². The van der Waals surface area contributed by atoms with Crippen LogP contribution in [0.25, 0.3) is 5.69 Å². The topological polar surface area (TPSA) is 67.8 Å². The molecule has 0 aliphatic heterocycles. The van der Waals surface area contributed by atoms with E-state index in [1.54, 1.807) is 18.2 Å². The molecule has 0 amide bonds. The Labute approximate surface area is 113 Å². The molecule has 0 spiro atoms. The first-order chi connectivity index (χ1) is 9.04. The van der Waals surface area contributed by atoms with Crippen molar-refractivity contribution < 1.29 is 0 Å². The summed E-state index contributed by atoms with van der Waals surface area (Å²) in [6, 6.07) is 6.87. The maximum absolute atomic E-state index is 11.9. The summed E-state index contributed by atoms with van der Waals surface area (Å²) in [6.07, 6.45) is 2.88. The van der Waals surface area contributed by atoms with E-state index < -0.39 is 11.1 Å². The quantitative estimate of drug-likeness (QED) is 0.780. The Bertz CT molecular complexity index is 784. The number of hydrogen-bond donors (Lipinski definition) is 0. The van der Waals surface area contributed by atoms with Gasteiger partial charge in [0.05, 0.1) is 6.07 Å². The van der Waals surface area contributed by atoms with Crippen molar-refractivity contribution in [1.82, 2.24) is 9.13 Å². The minimum atomic E-state index is -0.725. The second-order valence-corrected chi connectivity index (χ2v) is 4.41. The molecule has 1 aromatic carbocycles. The van der Waals surface area contributed by atoms with E-state index in [9.17, 15) is 9.59 Å². The SMILES string of the molecule is Cc1cc(-n2ccn(CC#N)c(=O)c2=O)ccc1Cl. The van der Waals surface area contributed by atoms with E-state index >= 15 is 0 Å². The number of hydrogen-bond acceptors (Lipinski definition) is 3. The second kappa shape index (κ2) is 5.12. The van der Waals surface area contributed by atoms with E-state index in [1.807, 2.05) is 13.0 Å². The molecule has 0 bridgehead atoms. The smallest absolute Gasteiger partial charge is 0.295 e. The Kier molecular flexibility index (Phi) is 3.54. The van der Waals surface area contributed by atoms with Crippen molar-refractivity contribution in [3.8, 4) is 11.8 Å². The van der Waals surface area contributed by atoms with Gasteiger partial charge in [0.1, 0.15) is 6.54 Å². The zero-order valence-electron chi connectivity index (χ0n) is 10.1. The van der Waals surface area contributed by atoms with E-state index in [1.165, 1.54) is 17.0 Å². The second-order valence-electron chi connectivity index (χ2n) is 4.00. The van der Waals surface area contributed by atoms with Gasteiger partial charge in [0, 0.05) is 23.1 Å². The molecule has 0 aliphatic rings. The highest BCUT2D eigenvalue weighted by Gasteiger charge is 2.07. The highest BCUT2D eigenvalue weighted by Crippen LogP contribution is 2.17. The number of nitriles is 1. The van der Waals surface area contributed by atoms with Gasteiger partial charge in [0.15, 0.2) is 0 Å². The average Bonchev–Trinajstić information content (AvgIpc) is 2.39. The number of rotatable bonds is 2. The fraction of sp³-hybridized carbons (Fsp3) is 0.154. The third-order valence-corrected chi connectivity index (χ3v) is 3.14. The molecule has 0 atom stereocenters. The van der Waals surface area contributed by atoms with Crippen molar-refractivity contribution in [2.75, 3.05) is 0 Å². The fourth-order valence-electron chi connectivity index (χ4n) is 1.69. The summed E-state index contributed by atoms with van der Waals surface area (Å²) >= 11 is 5.92. The zero-order chi connectivity index (χ0) is 14.0. The molecule has 0 radical (unpaired) electrons. The predicted octanol–water partition coefficient (Wildman–Crippen LogP) is 1.48. The lowest BCUT2D eigenvalue weighted by atomic mass is 10.2. The third kappa shape index (κ3) is 2.44. The van der Waals surface area contributed by atoms with Crippen LogP contribution in [0.3, 0.4) is 0 Å². The van der Waals surface area contributed by atoms with Crippen LogP contribution >= 0.6 is 11.6 Å². The van der Waals surface area contributed by atoms with Gasteiger partial charge in [-0.1, -0.05) is 11.6 Å². The number of nitrogens with zero attached hydrogens (tertiary/aromatic N) is 3.